The van der Waals surface area contributed by atoms with E-state index in [-0.39, 0.29) is 29.6 Å². The number of hydrogen-bond donors (Lipinski definition) is 1. The molecule has 1 atom stereocenters. The fourth-order valence-corrected chi connectivity index (χ4v) is 3.67. The molecule has 0 heterocycles. The van der Waals surface area contributed by atoms with E-state index in [1.807, 2.05) is 0 Å². The number of rotatable bonds is 16. The van der Waals surface area contributed by atoms with Crippen LogP contribution < -0.4 is 29.6 Å². The second-order valence-corrected chi connectivity index (χ2v) is 7.93. The van der Waals surface area contributed by atoms with Gasteiger partial charge in [-0.25, -0.2) is 8.42 Å². The summed E-state index contributed by atoms with van der Waals surface area (Å²) in [4.78, 5) is 0. The van der Waals surface area contributed by atoms with Crippen LogP contribution in [0.1, 0.15) is 96.8 Å². The van der Waals surface area contributed by atoms with Gasteiger partial charge in [0.05, 0.1) is 10.1 Å². The molecule has 0 rings (SSSR count). The number of aliphatic hydroxyl groups is 1. The van der Waals surface area contributed by atoms with Gasteiger partial charge in [0.1, 0.15) is 0 Å². The molecule has 0 saturated heterocycles. The first-order valence-electron chi connectivity index (χ1n) is 9.08. The Balaban J connectivity index is 0. The van der Waals surface area contributed by atoms with Gasteiger partial charge >= 0.3 is 29.6 Å². The van der Waals surface area contributed by atoms with Crippen molar-refractivity contribution < 1.29 is 47.6 Å². The molecule has 4 nitrogen and oxygen atoms in total. The standard InChI is InChI=1S/C17H36O4S.Na/c1-2-17(22(19,20)21)15-13-11-9-7-5-3-4-6-8-10-12-14-16-18;/h17-18H,2-16H2,1H3,(H,19,20,21);/q;+1/p-1. The number of hydrogen-bond acceptors (Lipinski definition) is 4. The molecule has 134 valence electrons. The summed E-state index contributed by atoms with van der Waals surface area (Å²) >= 11 is 0. The molecular weight excluding hydrogens is 323 g/mol. The third-order valence-corrected chi connectivity index (χ3v) is 5.68. The van der Waals surface area contributed by atoms with Gasteiger partial charge < -0.3 is 9.66 Å². The second kappa shape index (κ2) is 17.7. The van der Waals surface area contributed by atoms with Gasteiger partial charge in [-0.05, 0) is 19.3 Å². The van der Waals surface area contributed by atoms with Crippen molar-refractivity contribution >= 4 is 10.1 Å². The molecule has 0 aromatic rings. The summed E-state index contributed by atoms with van der Waals surface area (Å²) in [7, 11) is -4.10. The minimum Gasteiger partial charge on any atom is -0.748 e. The average molecular weight is 359 g/mol. The summed E-state index contributed by atoms with van der Waals surface area (Å²) in [5.74, 6) is 0. The quantitative estimate of drug-likeness (QED) is 0.257. The van der Waals surface area contributed by atoms with Crippen molar-refractivity contribution in [3.63, 3.8) is 0 Å². The van der Waals surface area contributed by atoms with E-state index in [4.69, 9.17) is 5.11 Å². The normalized spacial score (nSPS) is 12.8. The molecule has 0 aliphatic carbocycles. The zero-order chi connectivity index (χ0) is 16.7. The van der Waals surface area contributed by atoms with E-state index in [9.17, 15) is 13.0 Å². The van der Waals surface area contributed by atoms with Crippen molar-refractivity contribution in [2.45, 2.75) is 102 Å². The predicted octanol–water partition coefficient (Wildman–Crippen LogP) is 1.38. The minimum atomic E-state index is -4.10. The summed E-state index contributed by atoms with van der Waals surface area (Å²) in [5.41, 5.74) is 0. The van der Waals surface area contributed by atoms with Gasteiger partial charge in [-0.1, -0.05) is 77.6 Å². The van der Waals surface area contributed by atoms with Crippen molar-refractivity contribution in [2.24, 2.45) is 0 Å². The van der Waals surface area contributed by atoms with E-state index < -0.39 is 15.4 Å². The third-order valence-electron chi connectivity index (χ3n) is 4.30. The Morgan fingerprint density at radius 2 is 1.13 bits per heavy atom. The van der Waals surface area contributed by atoms with E-state index >= 15 is 0 Å². The average Bonchev–Trinajstić information content (AvgIpc) is 2.46. The maximum Gasteiger partial charge on any atom is 1.00 e. The van der Waals surface area contributed by atoms with Crippen LogP contribution in [0.15, 0.2) is 0 Å². The van der Waals surface area contributed by atoms with Crippen LogP contribution in [-0.2, 0) is 10.1 Å². The van der Waals surface area contributed by atoms with Crippen LogP contribution in [0.2, 0.25) is 0 Å². The third kappa shape index (κ3) is 17.5. The zero-order valence-corrected chi connectivity index (χ0v) is 18.1. The van der Waals surface area contributed by atoms with E-state index in [2.05, 4.69) is 0 Å². The van der Waals surface area contributed by atoms with Crippen molar-refractivity contribution in [3.8, 4) is 0 Å². The van der Waals surface area contributed by atoms with Crippen LogP contribution in [0.4, 0.5) is 0 Å². The van der Waals surface area contributed by atoms with E-state index in [0.717, 1.165) is 32.1 Å². The molecule has 0 aliphatic heterocycles. The topological polar surface area (TPSA) is 77.4 Å². The molecule has 0 aromatic carbocycles. The van der Waals surface area contributed by atoms with Crippen molar-refractivity contribution in [2.75, 3.05) is 6.61 Å². The van der Waals surface area contributed by atoms with Crippen LogP contribution in [0.3, 0.4) is 0 Å². The van der Waals surface area contributed by atoms with Gasteiger partial charge in [0.2, 0.25) is 0 Å². The Hall–Kier alpha value is 0.870. The number of unbranched alkanes of at least 4 members (excludes halogenated alkanes) is 11. The van der Waals surface area contributed by atoms with E-state index in [0.29, 0.717) is 19.4 Å². The Bertz CT molecular complexity index is 333. The van der Waals surface area contributed by atoms with Crippen LogP contribution >= 0.6 is 0 Å². The van der Waals surface area contributed by atoms with Gasteiger partial charge in [-0.2, -0.15) is 0 Å². The molecule has 1 N–H and O–H groups in total. The molecule has 0 spiro atoms. The monoisotopic (exact) mass is 358 g/mol. The second-order valence-electron chi connectivity index (χ2n) is 6.28. The van der Waals surface area contributed by atoms with Gasteiger partial charge in [0, 0.05) is 11.9 Å². The molecule has 23 heavy (non-hydrogen) atoms. The predicted molar refractivity (Wildman–Crippen MR) is 90.9 cm³/mol. The Kier molecular flexibility index (Phi) is 20.1. The smallest absolute Gasteiger partial charge is 0.748 e. The Labute approximate surface area is 165 Å². The van der Waals surface area contributed by atoms with Crippen LogP contribution in [0.5, 0.6) is 0 Å². The first-order valence-corrected chi connectivity index (χ1v) is 10.5. The van der Waals surface area contributed by atoms with E-state index in [1.54, 1.807) is 6.92 Å². The van der Waals surface area contributed by atoms with Crippen molar-refractivity contribution in [1.29, 1.82) is 0 Å². The summed E-state index contributed by atoms with van der Waals surface area (Å²) < 4.78 is 32.8. The summed E-state index contributed by atoms with van der Waals surface area (Å²) in [6, 6.07) is 0. The van der Waals surface area contributed by atoms with Gasteiger partial charge in [-0.3, -0.25) is 0 Å². The maximum absolute atomic E-state index is 10.9. The Morgan fingerprint density at radius 3 is 1.43 bits per heavy atom. The van der Waals surface area contributed by atoms with Crippen molar-refractivity contribution in [1.82, 2.24) is 0 Å². The van der Waals surface area contributed by atoms with E-state index in [1.165, 1.54) is 44.9 Å². The first-order chi connectivity index (χ1) is 10.5. The first kappa shape index (κ1) is 26.1. The largest absolute Gasteiger partial charge is 1.00 e. The molecule has 6 heteroatoms. The molecule has 1 unspecified atom stereocenters. The fourth-order valence-electron chi connectivity index (χ4n) is 2.80. The fraction of sp³-hybridized carbons (Fsp3) is 1.00. The van der Waals surface area contributed by atoms with Crippen LogP contribution in [0.25, 0.3) is 0 Å². The summed E-state index contributed by atoms with van der Waals surface area (Å²) in [6.45, 7) is 2.09. The maximum atomic E-state index is 10.9. The zero-order valence-electron chi connectivity index (χ0n) is 15.3. The summed E-state index contributed by atoms with van der Waals surface area (Å²) in [5, 5.41) is 7.98. The molecular formula is C17H35NaO4S. The van der Waals surface area contributed by atoms with Gasteiger partial charge in [0.15, 0.2) is 0 Å². The summed E-state index contributed by atoms with van der Waals surface area (Å²) in [6.07, 6.45) is 14.9. The van der Waals surface area contributed by atoms with Crippen LogP contribution in [-0.4, -0.2) is 29.9 Å². The molecule has 0 saturated carbocycles. The minimum absolute atomic E-state index is 0. The molecule has 0 aromatic heterocycles. The SMILES string of the molecule is CCC(CCCCCCCCCCCCCCO)S(=O)(=O)[O-].[Na+]. The molecule has 0 aliphatic rings. The molecule has 0 bridgehead atoms. The molecule has 0 radical (unpaired) electrons. The molecule has 0 fully saturated rings. The van der Waals surface area contributed by atoms with Gasteiger partial charge in [0.25, 0.3) is 0 Å². The Morgan fingerprint density at radius 1 is 0.783 bits per heavy atom. The van der Waals surface area contributed by atoms with Crippen molar-refractivity contribution in [3.05, 3.63) is 0 Å². The number of aliphatic hydroxyl groups excluding tert-OH is 1. The molecule has 0 amide bonds. The van der Waals surface area contributed by atoms with Crippen LogP contribution in [0, 0.1) is 0 Å². The van der Waals surface area contributed by atoms with Gasteiger partial charge in [-0.15, -0.1) is 0 Å².